The number of aromatic amines is 1. The maximum atomic E-state index is 9.22. The number of hydrogen-bond acceptors (Lipinski definition) is 5. The first kappa shape index (κ1) is 19.0. The third-order valence-corrected chi connectivity index (χ3v) is 5.29. The van der Waals surface area contributed by atoms with Gasteiger partial charge in [-0.15, -0.1) is 0 Å². The molecule has 0 radical (unpaired) electrons. The molecule has 1 saturated heterocycles. The Morgan fingerprint density at radius 3 is 3.00 bits per heavy atom. The molecule has 148 valence electrons. The standard InChI is InChI=1S/C20H21ClN8/c1-13-9-23-18-17(13)19(26-12-25-18)28-6-7-29(14(2)10-28)20(24-11-22)27-16-5-3-4-15(21)8-16/h3-5,8-9,12,14H,6-7,10H2,1-2H3,(H,24,27)(H,23,25,26). The van der Waals surface area contributed by atoms with Crippen LogP contribution in [0.2, 0.25) is 5.02 Å². The lowest BCUT2D eigenvalue weighted by Gasteiger charge is -2.41. The van der Waals surface area contributed by atoms with Crippen LogP contribution in [0.1, 0.15) is 12.5 Å². The Hall–Kier alpha value is -3.31. The molecule has 1 aromatic carbocycles. The number of nitriles is 1. The van der Waals surface area contributed by atoms with Crippen molar-refractivity contribution in [2.24, 2.45) is 4.99 Å². The highest BCUT2D eigenvalue weighted by Gasteiger charge is 2.28. The monoisotopic (exact) mass is 408 g/mol. The Morgan fingerprint density at radius 2 is 2.24 bits per heavy atom. The van der Waals surface area contributed by atoms with Crippen LogP contribution in [0.3, 0.4) is 0 Å². The van der Waals surface area contributed by atoms with Crippen LogP contribution in [0.5, 0.6) is 0 Å². The van der Waals surface area contributed by atoms with E-state index in [0.29, 0.717) is 23.2 Å². The number of nitrogens with zero attached hydrogens (tertiary/aromatic N) is 6. The minimum absolute atomic E-state index is 0.117. The van der Waals surface area contributed by atoms with Gasteiger partial charge in [0.05, 0.1) is 11.1 Å². The predicted octanol–water partition coefficient (Wildman–Crippen LogP) is 3.19. The molecule has 8 nitrogen and oxygen atoms in total. The summed E-state index contributed by atoms with van der Waals surface area (Å²) in [7, 11) is 0. The summed E-state index contributed by atoms with van der Waals surface area (Å²) in [4.78, 5) is 21.0. The van der Waals surface area contributed by atoms with E-state index < -0.39 is 0 Å². The number of hydrogen-bond donors (Lipinski definition) is 2. The third kappa shape index (κ3) is 3.82. The van der Waals surface area contributed by atoms with Crippen LogP contribution in [0.25, 0.3) is 11.0 Å². The topological polar surface area (TPSA) is 96.2 Å². The van der Waals surface area contributed by atoms with Gasteiger partial charge in [-0.05, 0) is 37.6 Å². The molecule has 0 spiro atoms. The average molecular weight is 409 g/mol. The van der Waals surface area contributed by atoms with Gasteiger partial charge in [-0.2, -0.15) is 5.26 Å². The lowest BCUT2D eigenvalue weighted by Crippen LogP contribution is -2.56. The first-order valence-corrected chi connectivity index (χ1v) is 9.74. The highest BCUT2D eigenvalue weighted by Crippen LogP contribution is 2.28. The van der Waals surface area contributed by atoms with Crippen LogP contribution in [0.15, 0.2) is 41.8 Å². The average Bonchev–Trinajstić information content (AvgIpc) is 3.09. The molecule has 1 unspecified atom stereocenters. The minimum Gasteiger partial charge on any atom is -0.352 e. The van der Waals surface area contributed by atoms with E-state index in [2.05, 4.69) is 48.9 Å². The fraction of sp³-hybridized carbons (Fsp3) is 0.300. The maximum Gasteiger partial charge on any atom is 0.212 e. The fourth-order valence-electron chi connectivity index (χ4n) is 3.68. The van der Waals surface area contributed by atoms with Crippen molar-refractivity contribution in [2.45, 2.75) is 19.9 Å². The number of anilines is 1. The Labute approximate surface area is 173 Å². The molecule has 9 heteroatoms. The molecule has 2 N–H and O–H groups in total. The summed E-state index contributed by atoms with van der Waals surface area (Å²) in [6.45, 7) is 6.37. The van der Waals surface area contributed by atoms with E-state index in [4.69, 9.17) is 11.6 Å². The van der Waals surface area contributed by atoms with E-state index in [9.17, 15) is 5.26 Å². The molecule has 1 atom stereocenters. The molecular formula is C20H21ClN8. The first-order chi connectivity index (χ1) is 14.1. The molecule has 4 rings (SSSR count). The Kier molecular flexibility index (Phi) is 5.23. The van der Waals surface area contributed by atoms with E-state index in [0.717, 1.165) is 35.5 Å². The van der Waals surface area contributed by atoms with Crippen molar-refractivity contribution in [3.63, 3.8) is 0 Å². The lowest BCUT2D eigenvalue weighted by molar-refractivity contribution is 0.291. The highest BCUT2D eigenvalue weighted by molar-refractivity contribution is 6.30. The molecule has 0 aliphatic carbocycles. The van der Waals surface area contributed by atoms with Gasteiger partial charge in [0.1, 0.15) is 17.8 Å². The summed E-state index contributed by atoms with van der Waals surface area (Å²) in [6, 6.07) is 7.38. The molecule has 1 aliphatic heterocycles. The van der Waals surface area contributed by atoms with Gasteiger partial charge in [0.2, 0.25) is 5.96 Å². The molecular weight excluding hydrogens is 388 g/mol. The van der Waals surface area contributed by atoms with Gasteiger partial charge in [0.25, 0.3) is 0 Å². The Morgan fingerprint density at radius 1 is 1.38 bits per heavy atom. The zero-order valence-electron chi connectivity index (χ0n) is 16.2. The number of fused-ring (bicyclic) bond motifs is 1. The number of guanidine groups is 1. The predicted molar refractivity (Wildman–Crippen MR) is 114 cm³/mol. The first-order valence-electron chi connectivity index (χ1n) is 9.36. The van der Waals surface area contributed by atoms with Gasteiger partial charge in [0, 0.05) is 36.9 Å². The van der Waals surface area contributed by atoms with Crippen molar-refractivity contribution in [1.82, 2.24) is 25.2 Å². The number of aliphatic imine (C=N–C) groups is 1. The quantitative estimate of drug-likeness (QED) is 0.292. The molecule has 0 amide bonds. The Bertz CT molecular complexity index is 1100. The molecule has 0 saturated carbocycles. The van der Waals surface area contributed by atoms with Gasteiger partial charge in [-0.3, -0.25) is 5.32 Å². The van der Waals surface area contributed by atoms with Crippen molar-refractivity contribution in [2.75, 3.05) is 24.5 Å². The van der Waals surface area contributed by atoms with Crippen LogP contribution < -0.4 is 10.2 Å². The molecule has 1 aliphatic rings. The van der Waals surface area contributed by atoms with Crippen LogP contribution in [0, 0.1) is 18.4 Å². The number of rotatable bonds is 2. The van der Waals surface area contributed by atoms with E-state index in [1.807, 2.05) is 24.5 Å². The number of halogens is 1. The van der Waals surface area contributed by atoms with E-state index >= 15 is 0 Å². The normalized spacial score (nSPS) is 17.4. The third-order valence-electron chi connectivity index (χ3n) is 5.06. The van der Waals surface area contributed by atoms with Gasteiger partial charge < -0.3 is 14.8 Å². The van der Waals surface area contributed by atoms with Crippen LogP contribution in [-0.2, 0) is 0 Å². The number of aryl methyl sites for hydroxylation is 1. The molecule has 3 aromatic rings. The minimum atomic E-state index is 0.117. The zero-order valence-corrected chi connectivity index (χ0v) is 17.0. The van der Waals surface area contributed by atoms with Gasteiger partial charge in [-0.25, -0.2) is 15.0 Å². The van der Waals surface area contributed by atoms with Crippen molar-refractivity contribution in [3.05, 3.63) is 47.4 Å². The number of aromatic nitrogens is 3. The largest absolute Gasteiger partial charge is 0.352 e. The van der Waals surface area contributed by atoms with Gasteiger partial charge in [-0.1, -0.05) is 17.7 Å². The molecule has 2 aromatic heterocycles. The van der Waals surface area contributed by atoms with Crippen LogP contribution in [-0.4, -0.2) is 51.5 Å². The number of piperazine rings is 1. The SMILES string of the molecule is Cc1c[nH]c2ncnc(N3CCN(C(=Nc4cccc(Cl)c4)NC#N)C(C)C3)c12. The number of H-pyrrole nitrogens is 1. The second kappa shape index (κ2) is 7.97. The summed E-state index contributed by atoms with van der Waals surface area (Å²) >= 11 is 6.07. The van der Waals surface area contributed by atoms with E-state index in [1.165, 1.54) is 0 Å². The number of nitrogens with one attached hydrogen (secondary N) is 2. The van der Waals surface area contributed by atoms with Crippen molar-refractivity contribution >= 4 is 40.1 Å². The molecule has 29 heavy (non-hydrogen) atoms. The highest BCUT2D eigenvalue weighted by atomic mass is 35.5. The second-order valence-electron chi connectivity index (χ2n) is 7.03. The zero-order chi connectivity index (χ0) is 20.4. The molecule has 3 heterocycles. The van der Waals surface area contributed by atoms with Crippen molar-refractivity contribution in [3.8, 4) is 6.19 Å². The van der Waals surface area contributed by atoms with Crippen LogP contribution >= 0.6 is 11.6 Å². The lowest BCUT2D eigenvalue weighted by atomic mass is 10.1. The van der Waals surface area contributed by atoms with Crippen molar-refractivity contribution < 1.29 is 0 Å². The fourth-order valence-corrected chi connectivity index (χ4v) is 3.87. The summed E-state index contributed by atoms with van der Waals surface area (Å²) in [6.07, 6.45) is 5.54. The summed E-state index contributed by atoms with van der Waals surface area (Å²) in [5.41, 5.74) is 2.67. The van der Waals surface area contributed by atoms with E-state index in [-0.39, 0.29) is 6.04 Å². The summed E-state index contributed by atoms with van der Waals surface area (Å²) in [5, 5.41) is 13.6. The van der Waals surface area contributed by atoms with E-state index in [1.54, 1.807) is 18.5 Å². The molecule has 0 bridgehead atoms. The number of benzene rings is 1. The van der Waals surface area contributed by atoms with Crippen molar-refractivity contribution in [1.29, 1.82) is 5.26 Å². The smallest absolute Gasteiger partial charge is 0.212 e. The van der Waals surface area contributed by atoms with Crippen LogP contribution in [0.4, 0.5) is 11.5 Å². The summed E-state index contributed by atoms with van der Waals surface area (Å²) in [5.74, 6) is 1.45. The van der Waals surface area contributed by atoms with Gasteiger partial charge >= 0.3 is 0 Å². The Balaban J connectivity index is 1.59. The maximum absolute atomic E-state index is 9.22. The van der Waals surface area contributed by atoms with Gasteiger partial charge in [0.15, 0.2) is 6.19 Å². The second-order valence-corrected chi connectivity index (χ2v) is 7.47. The summed E-state index contributed by atoms with van der Waals surface area (Å²) < 4.78 is 0. The molecule has 1 fully saturated rings.